The summed E-state index contributed by atoms with van der Waals surface area (Å²) in [5, 5.41) is 10.7. The highest BCUT2D eigenvalue weighted by Crippen LogP contribution is 2.27. The Kier molecular flexibility index (Phi) is 7.06. The fraction of sp³-hybridized carbons (Fsp3) is 0.350. The molecule has 0 saturated carbocycles. The van der Waals surface area contributed by atoms with Gasteiger partial charge >= 0.3 is 5.97 Å². The molecule has 30 heavy (non-hydrogen) atoms. The van der Waals surface area contributed by atoms with Gasteiger partial charge in [-0.15, -0.1) is 0 Å². The molecule has 1 unspecified atom stereocenters. The van der Waals surface area contributed by atoms with Crippen molar-refractivity contribution in [3.63, 3.8) is 0 Å². The van der Waals surface area contributed by atoms with E-state index in [1.165, 1.54) is 12.1 Å². The Morgan fingerprint density at radius 2 is 1.83 bits per heavy atom. The smallest absolute Gasteiger partial charge is 0.338 e. The molecular weight excluding hydrogens is 397 g/mol. The first-order chi connectivity index (χ1) is 14.4. The van der Waals surface area contributed by atoms with Gasteiger partial charge in [0.25, 0.3) is 5.69 Å². The summed E-state index contributed by atoms with van der Waals surface area (Å²) in [4.78, 5) is 22.5. The van der Waals surface area contributed by atoms with Gasteiger partial charge in [-0.05, 0) is 17.7 Å². The van der Waals surface area contributed by atoms with Crippen molar-refractivity contribution < 1.29 is 28.3 Å². The lowest BCUT2D eigenvalue weighted by Gasteiger charge is -2.41. The number of non-ortho nitro benzene ring substituents is 1. The van der Waals surface area contributed by atoms with Gasteiger partial charge in [0.2, 0.25) is 0 Å². The molecule has 1 aliphatic heterocycles. The summed E-state index contributed by atoms with van der Waals surface area (Å²) in [5.74, 6) is -0.865. The molecule has 0 aliphatic carbocycles. The first-order valence-corrected chi connectivity index (χ1v) is 9.27. The van der Waals surface area contributed by atoms with E-state index in [0.29, 0.717) is 0 Å². The van der Waals surface area contributed by atoms with E-state index in [1.54, 1.807) is 0 Å². The maximum Gasteiger partial charge on any atom is 0.338 e. The molecule has 0 amide bonds. The van der Waals surface area contributed by atoms with Crippen LogP contribution in [-0.2, 0) is 20.8 Å². The second-order valence-electron chi connectivity index (χ2n) is 6.77. The molecule has 5 atom stereocenters. The monoisotopic (exact) mass is 419 g/mol. The Labute approximate surface area is 171 Å². The van der Waals surface area contributed by atoms with Crippen molar-refractivity contribution in [2.45, 2.75) is 37.3 Å². The van der Waals surface area contributed by atoms with Crippen LogP contribution in [0.4, 0.5) is 10.1 Å². The van der Waals surface area contributed by atoms with Gasteiger partial charge in [0.15, 0.2) is 18.6 Å². The van der Waals surface area contributed by atoms with Crippen LogP contribution in [0.3, 0.4) is 0 Å². The van der Waals surface area contributed by atoms with Crippen molar-refractivity contribution in [2.75, 3.05) is 6.54 Å². The highest BCUT2D eigenvalue weighted by Gasteiger charge is 2.47. The molecule has 1 aliphatic rings. The Balaban J connectivity index is 1.65. The third-order valence-electron chi connectivity index (χ3n) is 4.72. The molecule has 2 aromatic rings. The Bertz CT molecular complexity index is 865. The summed E-state index contributed by atoms with van der Waals surface area (Å²) in [6, 6.07) is 12.8. The topological polar surface area (TPSA) is 140 Å². The number of halogens is 1. The minimum absolute atomic E-state index is 0.0274. The number of esters is 1. The molecule has 0 aromatic heterocycles. The maximum absolute atomic E-state index is 15.0. The van der Waals surface area contributed by atoms with Crippen LogP contribution >= 0.6 is 0 Å². The van der Waals surface area contributed by atoms with Crippen LogP contribution in [-0.4, -0.2) is 48.1 Å². The summed E-state index contributed by atoms with van der Waals surface area (Å²) in [6.45, 7) is 0.0347. The van der Waals surface area contributed by atoms with Crippen LogP contribution in [0.2, 0.25) is 0 Å². The molecule has 1 fully saturated rings. The average molecular weight is 419 g/mol. The van der Waals surface area contributed by atoms with Crippen LogP contribution in [0.25, 0.3) is 0 Å². The maximum atomic E-state index is 15.0. The molecule has 0 bridgehead atoms. The number of benzene rings is 2. The Morgan fingerprint density at radius 3 is 2.43 bits per heavy atom. The highest BCUT2D eigenvalue weighted by molar-refractivity contribution is 5.89. The number of nitro groups is 1. The predicted octanol–water partition coefficient (Wildman–Crippen LogP) is 1.69. The van der Waals surface area contributed by atoms with Gasteiger partial charge < -0.3 is 25.7 Å². The largest absolute Gasteiger partial charge is 0.453 e. The zero-order valence-electron chi connectivity index (χ0n) is 15.9. The van der Waals surface area contributed by atoms with Gasteiger partial charge in [0.05, 0.1) is 23.1 Å². The van der Waals surface area contributed by atoms with E-state index in [-0.39, 0.29) is 24.4 Å². The van der Waals surface area contributed by atoms with Gasteiger partial charge in [-0.3, -0.25) is 10.1 Å². The van der Waals surface area contributed by atoms with Crippen LogP contribution in [0, 0.1) is 10.1 Å². The van der Waals surface area contributed by atoms with Crippen LogP contribution in [0.5, 0.6) is 0 Å². The Morgan fingerprint density at radius 1 is 1.17 bits per heavy atom. The fourth-order valence-electron chi connectivity index (χ4n) is 3.06. The molecule has 2 aromatic carbocycles. The van der Waals surface area contributed by atoms with Gasteiger partial charge in [0.1, 0.15) is 6.10 Å². The number of ether oxygens (including phenoxy) is 3. The number of carbonyl (C=O) groups excluding carboxylic acids is 1. The number of nitro benzene ring substituents is 1. The lowest BCUT2D eigenvalue weighted by atomic mass is 9.98. The lowest BCUT2D eigenvalue weighted by molar-refractivity contribution is -0.384. The third kappa shape index (κ3) is 4.97. The van der Waals surface area contributed by atoms with Gasteiger partial charge in [-0.2, -0.15) is 0 Å². The van der Waals surface area contributed by atoms with Gasteiger partial charge in [-0.25, -0.2) is 9.18 Å². The lowest BCUT2D eigenvalue weighted by Crippen LogP contribution is -2.62. The second kappa shape index (κ2) is 9.72. The van der Waals surface area contributed by atoms with E-state index in [2.05, 4.69) is 0 Å². The summed E-state index contributed by atoms with van der Waals surface area (Å²) < 4.78 is 31.5. The van der Waals surface area contributed by atoms with E-state index < -0.39 is 41.6 Å². The number of nitrogens with two attached hydrogens (primary N) is 2. The first kappa shape index (κ1) is 21.8. The molecule has 1 heterocycles. The van der Waals surface area contributed by atoms with Crippen molar-refractivity contribution in [1.29, 1.82) is 0 Å². The molecule has 0 radical (unpaired) electrons. The third-order valence-corrected chi connectivity index (χ3v) is 4.72. The van der Waals surface area contributed by atoms with Crippen molar-refractivity contribution in [3.8, 4) is 0 Å². The van der Waals surface area contributed by atoms with Crippen molar-refractivity contribution in [3.05, 3.63) is 75.8 Å². The minimum atomic E-state index is -1.78. The van der Waals surface area contributed by atoms with Gasteiger partial charge in [0, 0.05) is 18.7 Å². The van der Waals surface area contributed by atoms with Crippen LogP contribution in [0.15, 0.2) is 54.6 Å². The fourth-order valence-corrected chi connectivity index (χ4v) is 3.06. The predicted molar refractivity (Wildman–Crippen MR) is 104 cm³/mol. The number of alkyl halides is 1. The first-order valence-electron chi connectivity index (χ1n) is 9.27. The van der Waals surface area contributed by atoms with Crippen LogP contribution in [0.1, 0.15) is 15.9 Å². The molecule has 0 spiro atoms. The molecular formula is C20H22FN3O6. The van der Waals surface area contributed by atoms with Crippen molar-refractivity contribution in [1.82, 2.24) is 0 Å². The molecule has 1 saturated heterocycles. The second-order valence-corrected chi connectivity index (χ2v) is 6.77. The summed E-state index contributed by atoms with van der Waals surface area (Å²) >= 11 is 0. The summed E-state index contributed by atoms with van der Waals surface area (Å²) in [7, 11) is 0. The number of hydrogen-bond donors (Lipinski definition) is 2. The summed E-state index contributed by atoms with van der Waals surface area (Å²) in [5.41, 5.74) is 12.3. The number of rotatable bonds is 7. The average Bonchev–Trinajstić information content (AvgIpc) is 2.77. The molecule has 10 heteroatoms. The normalized spacial score (nSPS) is 26.2. The zero-order chi connectivity index (χ0) is 21.7. The van der Waals surface area contributed by atoms with Gasteiger partial charge in [-0.1, -0.05) is 30.3 Å². The molecule has 3 rings (SSSR count). The number of carbonyl (C=O) groups is 1. The van der Waals surface area contributed by atoms with E-state index in [9.17, 15) is 19.3 Å². The van der Waals surface area contributed by atoms with E-state index in [0.717, 1.165) is 17.7 Å². The molecule has 160 valence electrons. The highest BCUT2D eigenvalue weighted by atomic mass is 19.1. The zero-order valence-corrected chi connectivity index (χ0v) is 15.9. The standard InChI is InChI=1S/C20H22FN3O6/c21-16-17(23)20(28-11-12-4-2-1-3-5-12)29-15(10-22)18(16)30-19(25)13-6-8-14(9-7-13)24(26)27/h1-9,15-18,20H,10-11,22-23H2/t15-,16-,17-,18+,20?/m1/s1. The van der Waals surface area contributed by atoms with E-state index in [1.807, 2.05) is 30.3 Å². The number of nitrogens with zero attached hydrogens (tertiary/aromatic N) is 1. The SMILES string of the molecule is NC[C@H]1OC(OCc2ccccc2)[C@H](N)[C@@H](F)[C@H]1OC(=O)c1ccc([N+](=O)[O-])cc1. The van der Waals surface area contributed by atoms with Crippen molar-refractivity contribution in [2.24, 2.45) is 11.5 Å². The molecule has 9 nitrogen and oxygen atoms in total. The Hall–Kier alpha value is -2.92. The van der Waals surface area contributed by atoms with Crippen molar-refractivity contribution >= 4 is 11.7 Å². The minimum Gasteiger partial charge on any atom is -0.453 e. The molecule has 4 N–H and O–H groups in total. The summed E-state index contributed by atoms with van der Waals surface area (Å²) in [6.07, 6.45) is -5.16. The quantitative estimate of drug-likeness (QED) is 0.392. The van der Waals surface area contributed by atoms with Crippen LogP contribution < -0.4 is 11.5 Å². The van der Waals surface area contributed by atoms with E-state index in [4.69, 9.17) is 25.7 Å². The number of hydrogen-bond acceptors (Lipinski definition) is 8. The van der Waals surface area contributed by atoms with E-state index >= 15 is 0 Å².